The van der Waals surface area contributed by atoms with Gasteiger partial charge in [-0.15, -0.1) is 0 Å². The van der Waals surface area contributed by atoms with E-state index in [0.29, 0.717) is 44.7 Å². The first-order chi connectivity index (χ1) is 10.6. The molecule has 22 heavy (non-hydrogen) atoms. The van der Waals surface area contributed by atoms with Crippen molar-refractivity contribution in [3.05, 3.63) is 35.4 Å². The van der Waals surface area contributed by atoms with Crippen LogP contribution in [0.25, 0.3) is 0 Å². The van der Waals surface area contributed by atoms with Gasteiger partial charge in [0.1, 0.15) is 0 Å². The van der Waals surface area contributed by atoms with Crippen LogP contribution < -0.4 is 0 Å². The van der Waals surface area contributed by atoms with E-state index < -0.39 is 6.10 Å². The first-order valence-electron chi connectivity index (χ1n) is 7.80. The highest BCUT2D eigenvalue weighted by Crippen LogP contribution is 2.14. The van der Waals surface area contributed by atoms with Crippen molar-refractivity contribution in [1.29, 1.82) is 5.26 Å². The van der Waals surface area contributed by atoms with Crippen molar-refractivity contribution in [1.82, 2.24) is 9.80 Å². The summed E-state index contributed by atoms with van der Waals surface area (Å²) in [5.41, 5.74) is 1.63. The van der Waals surface area contributed by atoms with E-state index in [2.05, 4.69) is 11.0 Å². The monoisotopic (exact) mass is 301 g/mol. The number of aliphatic hydroxyl groups excluding tert-OH is 1. The molecule has 0 aromatic heterocycles. The minimum Gasteiger partial charge on any atom is -0.390 e. The molecule has 0 aliphatic carbocycles. The zero-order valence-electron chi connectivity index (χ0n) is 13.0. The Bertz CT molecular complexity index is 553. The van der Waals surface area contributed by atoms with E-state index in [1.807, 2.05) is 25.1 Å². The van der Waals surface area contributed by atoms with Crippen LogP contribution in [0.1, 0.15) is 30.9 Å². The molecule has 1 aromatic carbocycles. The number of benzene rings is 1. The van der Waals surface area contributed by atoms with Gasteiger partial charge in [-0.05, 0) is 18.1 Å². The van der Waals surface area contributed by atoms with Crippen LogP contribution in [0.4, 0.5) is 0 Å². The zero-order valence-corrected chi connectivity index (χ0v) is 13.0. The van der Waals surface area contributed by atoms with E-state index in [1.165, 1.54) is 0 Å². The van der Waals surface area contributed by atoms with Crippen LogP contribution in [-0.4, -0.2) is 53.1 Å². The van der Waals surface area contributed by atoms with Gasteiger partial charge in [0.2, 0.25) is 5.91 Å². The lowest BCUT2D eigenvalue weighted by molar-refractivity contribution is -0.132. The molecule has 1 aromatic rings. The third-order valence-corrected chi connectivity index (χ3v) is 3.93. The summed E-state index contributed by atoms with van der Waals surface area (Å²) in [5, 5.41) is 19.3. The number of hydrogen-bond acceptors (Lipinski definition) is 4. The maximum absolute atomic E-state index is 12.0. The molecule has 2 rings (SSSR count). The lowest BCUT2D eigenvalue weighted by Crippen LogP contribution is -2.37. The number of aliphatic hydroxyl groups is 1. The Balaban J connectivity index is 2.02. The fourth-order valence-corrected chi connectivity index (χ4v) is 2.81. The number of hydrogen-bond donors (Lipinski definition) is 1. The van der Waals surface area contributed by atoms with Gasteiger partial charge in [0, 0.05) is 39.1 Å². The highest BCUT2D eigenvalue weighted by atomic mass is 16.3. The van der Waals surface area contributed by atoms with Crippen LogP contribution in [-0.2, 0) is 11.3 Å². The molecule has 0 saturated carbocycles. The predicted octanol–water partition coefficient (Wildman–Crippen LogP) is 1.36. The Kier molecular flexibility index (Phi) is 5.93. The fourth-order valence-electron chi connectivity index (χ4n) is 2.81. The van der Waals surface area contributed by atoms with Gasteiger partial charge in [-0.3, -0.25) is 9.69 Å². The van der Waals surface area contributed by atoms with Gasteiger partial charge in [-0.25, -0.2) is 0 Å². The summed E-state index contributed by atoms with van der Waals surface area (Å²) in [5.74, 6) is 0.112. The van der Waals surface area contributed by atoms with Crippen molar-refractivity contribution in [2.24, 2.45) is 0 Å². The van der Waals surface area contributed by atoms with Gasteiger partial charge >= 0.3 is 0 Å². The summed E-state index contributed by atoms with van der Waals surface area (Å²) < 4.78 is 0. The third-order valence-electron chi connectivity index (χ3n) is 3.93. The minimum absolute atomic E-state index is 0.112. The molecule has 1 amide bonds. The quantitative estimate of drug-likeness (QED) is 0.912. The van der Waals surface area contributed by atoms with Crippen LogP contribution in [0.5, 0.6) is 0 Å². The standard InChI is InChI=1S/C17H23N3O2/c1-2-5-17(22)20-9-8-19(12-16(21)13-20)11-15-7-4-3-6-14(15)10-18/h3-4,6-7,16,21H,2,5,8-9,11-13H2,1H3/t16-/m0/s1. The summed E-state index contributed by atoms with van der Waals surface area (Å²) in [6.45, 7) is 4.87. The highest BCUT2D eigenvalue weighted by molar-refractivity contribution is 5.76. The average molecular weight is 301 g/mol. The van der Waals surface area contributed by atoms with Gasteiger partial charge in [0.25, 0.3) is 0 Å². The maximum Gasteiger partial charge on any atom is 0.222 e. The summed E-state index contributed by atoms with van der Waals surface area (Å²) in [6.07, 6.45) is 0.812. The largest absolute Gasteiger partial charge is 0.390 e. The lowest BCUT2D eigenvalue weighted by Gasteiger charge is -2.22. The molecule has 1 saturated heterocycles. The minimum atomic E-state index is -0.544. The molecule has 118 valence electrons. The summed E-state index contributed by atoms with van der Waals surface area (Å²) in [6, 6.07) is 9.72. The maximum atomic E-state index is 12.0. The molecule has 0 unspecified atom stereocenters. The van der Waals surface area contributed by atoms with Gasteiger partial charge in [0.05, 0.1) is 17.7 Å². The normalized spacial score (nSPS) is 19.5. The molecule has 0 spiro atoms. The Labute approximate surface area is 131 Å². The van der Waals surface area contributed by atoms with E-state index >= 15 is 0 Å². The van der Waals surface area contributed by atoms with Gasteiger partial charge in [0.15, 0.2) is 0 Å². The average Bonchev–Trinajstić information content (AvgIpc) is 2.69. The van der Waals surface area contributed by atoms with E-state index in [-0.39, 0.29) is 5.91 Å². The molecule has 1 atom stereocenters. The Morgan fingerprint density at radius 2 is 2.14 bits per heavy atom. The first-order valence-corrected chi connectivity index (χ1v) is 7.80. The topological polar surface area (TPSA) is 67.6 Å². The lowest BCUT2D eigenvalue weighted by atomic mass is 10.1. The van der Waals surface area contributed by atoms with Crippen LogP contribution in [0.15, 0.2) is 24.3 Å². The smallest absolute Gasteiger partial charge is 0.222 e. The second-order valence-electron chi connectivity index (χ2n) is 5.75. The molecule has 1 aliphatic rings. The van der Waals surface area contributed by atoms with Crippen molar-refractivity contribution in [3.8, 4) is 6.07 Å². The Hall–Kier alpha value is -1.90. The number of carbonyl (C=O) groups excluding carboxylic acids is 1. The molecule has 1 heterocycles. The molecule has 0 bridgehead atoms. The SMILES string of the molecule is CCCC(=O)N1CCN(Cc2ccccc2C#N)C[C@H](O)C1. The van der Waals surface area contributed by atoms with Gasteiger partial charge < -0.3 is 10.0 Å². The molecule has 5 nitrogen and oxygen atoms in total. The number of nitrogens with zero attached hydrogens (tertiary/aromatic N) is 3. The van der Waals surface area contributed by atoms with E-state index in [9.17, 15) is 9.90 Å². The summed E-state index contributed by atoms with van der Waals surface area (Å²) >= 11 is 0. The van der Waals surface area contributed by atoms with Gasteiger partial charge in [-0.1, -0.05) is 25.1 Å². The van der Waals surface area contributed by atoms with Crippen LogP contribution in [0.2, 0.25) is 0 Å². The summed E-state index contributed by atoms with van der Waals surface area (Å²) in [4.78, 5) is 15.9. The first kappa shape index (κ1) is 16.5. The number of carbonyl (C=O) groups is 1. The zero-order chi connectivity index (χ0) is 15.9. The number of amides is 1. The molecule has 5 heteroatoms. The second-order valence-corrected chi connectivity index (χ2v) is 5.75. The predicted molar refractivity (Wildman–Crippen MR) is 83.9 cm³/mol. The number of rotatable bonds is 4. The van der Waals surface area contributed by atoms with E-state index in [1.54, 1.807) is 11.0 Å². The van der Waals surface area contributed by atoms with Crippen LogP contribution in [0, 0.1) is 11.3 Å². The number of β-amino-alcohol motifs (C(OH)–C–C–N with tert-alkyl or cyclic N) is 1. The molecule has 1 N–H and O–H groups in total. The molecule has 0 radical (unpaired) electrons. The number of nitriles is 1. The van der Waals surface area contributed by atoms with E-state index in [0.717, 1.165) is 12.0 Å². The highest BCUT2D eigenvalue weighted by Gasteiger charge is 2.24. The Morgan fingerprint density at radius 1 is 1.36 bits per heavy atom. The van der Waals surface area contributed by atoms with Crippen molar-refractivity contribution in [2.45, 2.75) is 32.4 Å². The summed E-state index contributed by atoms with van der Waals surface area (Å²) in [7, 11) is 0. The molecular weight excluding hydrogens is 278 g/mol. The van der Waals surface area contributed by atoms with Crippen molar-refractivity contribution in [2.75, 3.05) is 26.2 Å². The molecular formula is C17H23N3O2. The molecule has 1 fully saturated rings. The van der Waals surface area contributed by atoms with Gasteiger partial charge in [-0.2, -0.15) is 5.26 Å². The molecule has 1 aliphatic heterocycles. The second kappa shape index (κ2) is 7.92. The van der Waals surface area contributed by atoms with E-state index in [4.69, 9.17) is 5.26 Å². The fraction of sp³-hybridized carbons (Fsp3) is 0.529. The van der Waals surface area contributed by atoms with Crippen LogP contribution >= 0.6 is 0 Å². The van der Waals surface area contributed by atoms with Crippen molar-refractivity contribution < 1.29 is 9.90 Å². The van der Waals surface area contributed by atoms with Crippen molar-refractivity contribution in [3.63, 3.8) is 0 Å². The van der Waals surface area contributed by atoms with Crippen LogP contribution in [0.3, 0.4) is 0 Å². The van der Waals surface area contributed by atoms with Crippen molar-refractivity contribution >= 4 is 5.91 Å². The third kappa shape index (κ3) is 4.30. The Morgan fingerprint density at radius 3 is 2.86 bits per heavy atom.